The Balaban J connectivity index is 3.57. The van der Waals surface area contributed by atoms with Gasteiger partial charge in [0.05, 0.1) is 15.1 Å². The molecule has 15 heavy (non-hydrogen) atoms. The summed E-state index contributed by atoms with van der Waals surface area (Å²) in [7, 11) is 0. The highest BCUT2D eigenvalue weighted by molar-refractivity contribution is 7.79. The fraction of sp³-hybridized carbons (Fsp3) is 0.333. The van der Waals surface area contributed by atoms with Gasteiger partial charge < -0.3 is 0 Å². The van der Waals surface area contributed by atoms with Crippen molar-refractivity contribution in [3.8, 4) is 0 Å². The van der Waals surface area contributed by atoms with Gasteiger partial charge in [-0.1, -0.05) is 34.8 Å². The monoisotopic (exact) mass is 318 g/mol. The van der Waals surface area contributed by atoms with Gasteiger partial charge in [0.25, 0.3) is 0 Å². The summed E-state index contributed by atoms with van der Waals surface area (Å²) in [5, 5.41) is 1.67. The molecule has 0 aliphatic rings. The minimum atomic E-state index is 0.469. The first-order chi connectivity index (χ1) is 7.08. The van der Waals surface area contributed by atoms with Gasteiger partial charge in [-0.3, -0.25) is 0 Å². The molecular weight excluding hydrogens is 311 g/mol. The van der Waals surface area contributed by atoms with Crippen LogP contribution in [0.2, 0.25) is 15.1 Å². The first-order valence-corrected chi connectivity index (χ1v) is 7.11. The summed E-state index contributed by atoms with van der Waals surface area (Å²) in [6.45, 7) is 0. The first-order valence-electron chi connectivity index (χ1n) is 4.08. The van der Waals surface area contributed by atoms with Gasteiger partial charge in [-0.2, -0.15) is 37.9 Å². The SMILES string of the molecule is SCc1c(Cl)c(CS)c(Cl)c(CS)c1Cl. The Morgan fingerprint density at radius 1 is 0.600 bits per heavy atom. The van der Waals surface area contributed by atoms with Gasteiger partial charge in [-0.05, 0) is 16.7 Å². The van der Waals surface area contributed by atoms with Crippen LogP contribution in [-0.2, 0) is 17.3 Å². The normalized spacial score (nSPS) is 10.8. The maximum absolute atomic E-state index is 6.16. The van der Waals surface area contributed by atoms with Crippen LogP contribution in [0.25, 0.3) is 0 Å². The lowest BCUT2D eigenvalue weighted by Gasteiger charge is -2.15. The van der Waals surface area contributed by atoms with Crippen LogP contribution in [0.4, 0.5) is 0 Å². The predicted octanol–water partition coefficient (Wildman–Crippen LogP) is 4.94. The number of hydrogen-bond acceptors (Lipinski definition) is 3. The topological polar surface area (TPSA) is 0 Å². The maximum atomic E-state index is 6.16. The summed E-state index contributed by atoms with van der Waals surface area (Å²) >= 11 is 31.1. The van der Waals surface area contributed by atoms with Crippen molar-refractivity contribution in [1.29, 1.82) is 0 Å². The van der Waals surface area contributed by atoms with Crippen molar-refractivity contribution < 1.29 is 0 Å². The minimum Gasteiger partial charge on any atom is -0.174 e. The Hall–Kier alpha value is 1.14. The quantitative estimate of drug-likeness (QED) is 0.646. The van der Waals surface area contributed by atoms with E-state index in [0.29, 0.717) is 32.3 Å². The predicted molar refractivity (Wildman–Crippen MR) is 79.5 cm³/mol. The Bertz CT molecular complexity index is 301. The van der Waals surface area contributed by atoms with E-state index in [4.69, 9.17) is 34.8 Å². The summed E-state index contributed by atoms with van der Waals surface area (Å²) in [5.41, 5.74) is 2.37. The van der Waals surface area contributed by atoms with Crippen LogP contribution in [0.1, 0.15) is 16.7 Å². The van der Waals surface area contributed by atoms with Gasteiger partial charge in [0.15, 0.2) is 0 Å². The van der Waals surface area contributed by atoms with Gasteiger partial charge >= 0.3 is 0 Å². The molecule has 0 unspecified atom stereocenters. The minimum absolute atomic E-state index is 0.469. The largest absolute Gasteiger partial charge is 0.174 e. The second-order valence-corrected chi connectivity index (χ2v) is 4.93. The standard InChI is InChI=1S/C9H9Cl3S3/c10-7-4(1-13)8(11)6(3-15)9(12)5(7)2-14/h13-15H,1-3H2. The van der Waals surface area contributed by atoms with Crippen molar-refractivity contribution in [2.75, 3.05) is 0 Å². The molecule has 0 saturated carbocycles. The van der Waals surface area contributed by atoms with Crippen LogP contribution in [0.5, 0.6) is 0 Å². The summed E-state index contributed by atoms with van der Waals surface area (Å²) in [4.78, 5) is 0. The molecule has 1 aromatic rings. The van der Waals surface area contributed by atoms with E-state index < -0.39 is 0 Å². The lowest BCUT2D eigenvalue weighted by molar-refractivity contribution is 1.28. The van der Waals surface area contributed by atoms with Crippen LogP contribution < -0.4 is 0 Å². The molecule has 0 heterocycles. The highest BCUT2D eigenvalue weighted by atomic mass is 35.5. The summed E-state index contributed by atoms with van der Waals surface area (Å²) < 4.78 is 0. The van der Waals surface area contributed by atoms with Crippen LogP contribution in [0.3, 0.4) is 0 Å². The average Bonchev–Trinajstić information content (AvgIpc) is 2.19. The molecule has 0 aliphatic heterocycles. The fourth-order valence-corrected chi connectivity index (χ4v) is 3.87. The molecule has 1 aromatic carbocycles. The zero-order valence-corrected chi connectivity index (χ0v) is 12.5. The fourth-order valence-electron chi connectivity index (χ4n) is 1.25. The Labute approximate surface area is 121 Å². The summed E-state index contributed by atoms with van der Waals surface area (Å²) in [6, 6.07) is 0. The number of rotatable bonds is 3. The molecule has 6 heteroatoms. The second-order valence-electron chi connectivity index (χ2n) is 2.85. The second kappa shape index (κ2) is 6.18. The lowest BCUT2D eigenvalue weighted by Crippen LogP contribution is -1.97. The van der Waals surface area contributed by atoms with E-state index in [0.717, 1.165) is 16.7 Å². The van der Waals surface area contributed by atoms with Gasteiger partial charge in [0.2, 0.25) is 0 Å². The van der Waals surface area contributed by atoms with Crippen molar-refractivity contribution in [3.63, 3.8) is 0 Å². The lowest BCUT2D eigenvalue weighted by atomic mass is 10.1. The van der Waals surface area contributed by atoms with Crippen molar-refractivity contribution in [2.45, 2.75) is 17.3 Å². The zero-order valence-electron chi connectivity index (χ0n) is 7.60. The van der Waals surface area contributed by atoms with Gasteiger partial charge in [0.1, 0.15) is 0 Å². The Kier molecular flexibility index (Phi) is 5.85. The molecular formula is C9H9Cl3S3. The van der Waals surface area contributed by atoms with E-state index >= 15 is 0 Å². The van der Waals surface area contributed by atoms with Crippen LogP contribution in [-0.4, -0.2) is 0 Å². The molecule has 1 rings (SSSR count). The van der Waals surface area contributed by atoms with Crippen LogP contribution in [0, 0.1) is 0 Å². The molecule has 0 aliphatic carbocycles. The zero-order chi connectivity index (χ0) is 11.6. The van der Waals surface area contributed by atoms with E-state index in [1.807, 2.05) is 0 Å². The van der Waals surface area contributed by atoms with Crippen LogP contribution in [0.15, 0.2) is 0 Å². The number of hydrogen-bond donors (Lipinski definition) is 3. The third-order valence-corrected chi connectivity index (χ3v) is 4.38. The van der Waals surface area contributed by atoms with E-state index in [1.165, 1.54) is 0 Å². The molecule has 0 saturated heterocycles. The molecule has 0 spiro atoms. The van der Waals surface area contributed by atoms with Crippen molar-refractivity contribution in [2.24, 2.45) is 0 Å². The number of benzene rings is 1. The molecule has 0 nitrogen and oxygen atoms in total. The first kappa shape index (κ1) is 14.2. The molecule has 0 amide bonds. The van der Waals surface area contributed by atoms with Crippen LogP contribution >= 0.6 is 72.7 Å². The Morgan fingerprint density at radius 2 is 0.800 bits per heavy atom. The summed E-state index contributed by atoms with van der Waals surface area (Å²) in [6.07, 6.45) is 0. The average molecular weight is 320 g/mol. The third-order valence-electron chi connectivity index (χ3n) is 2.06. The molecule has 0 atom stereocenters. The van der Waals surface area contributed by atoms with Crippen molar-refractivity contribution in [3.05, 3.63) is 31.8 Å². The van der Waals surface area contributed by atoms with Gasteiger partial charge in [-0.15, -0.1) is 0 Å². The van der Waals surface area contributed by atoms with E-state index in [1.54, 1.807) is 0 Å². The highest BCUT2D eigenvalue weighted by Gasteiger charge is 2.18. The van der Waals surface area contributed by atoms with E-state index in [2.05, 4.69) is 37.9 Å². The Morgan fingerprint density at radius 3 is 0.933 bits per heavy atom. The third kappa shape index (κ3) is 2.70. The van der Waals surface area contributed by atoms with Gasteiger partial charge in [0, 0.05) is 17.3 Å². The molecule has 0 radical (unpaired) electrons. The number of thiol groups is 3. The van der Waals surface area contributed by atoms with Gasteiger partial charge in [-0.25, -0.2) is 0 Å². The number of halogens is 3. The molecule has 0 bridgehead atoms. The summed E-state index contributed by atoms with van der Waals surface area (Å²) in [5.74, 6) is 1.41. The van der Waals surface area contributed by atoms with E-state index in [9.17, 15) is 0 Å². The molecule has 0 aromatic heterocycles. The molecule has 0 fully saturated rings. The van der Waals surface area contributed by atoms with Crippen molar-refractivity contribution >= 4 is 72.7 Å². The highest BCUT2D eigenvalue weighted by Crippen LogP contribution is 2.40. The maximum Gasteiger partial charge on any atom is 0.0516 e. The smallest absolute Gasteiger partial charge is 0.0516 e. The molecule has 0 N–H and O–H groups in total. The van der Waals surface area contributed by atoms with Crippen molar-refractivity contribution in [1.82, 2.24) is 0 Å². The van der Waals surface area contributed by atoms with E-state index in [-0.39, 0.29) is 0 Å². The molecule has 84 valence electrons.